The van der Waals surface area contributed by atoms with Crippen molar-refractivity contribution in [2.75, 3.05) is 5.73 Å². The maximum absolute atomic E-state index is 13.0. The summed E-state index contributed by atoms with van der Waals surface area (Å²) in [5.41, 5.74) is 7.56. The molecule has 0 aliphatic heterocycles. The van der Waals surface area contributed by atoms with Gasteiger partial charge in [-0.2, -0.15) is 0 Å². The maximum Gasteiger partial charge on any atom is 0.423 e. The van der Waals surface area contributed by atoms with Gasteiger partial charge in [-0.3, -0.25) is 0 Å². The van der Waals surface area contributed by atoms with E-state index >= 15 is 0 Å². The van der Waals surface area contributed by atoms with Crippen LogP contribution in [0.2, 0.25) is 0 Å². The summed E-state index contributed by atoms with van der Waals surface area (Å²) in [4.78, 5) is 24.0. The van der Waals surface area contributed by atoms with E-state index in [1.54, 1.807) is 49.4 Å². The summed E-state index contributed by atoms with van der Waals surface area (Å²) < 4.78 is 10.7. The predicted molar refractivity (Wildman–Crippen MR) is 115 cm³/mol. The number of carbonyl (C=O) groups excluding carboxylic acids is 2. The summed E-state index contributed by atoms with van der Waals surface area (Å²) in [5, 5.41) is 0. The average molecular weight is 388 g/mol. The number of hydrogen-bond donors (Lipinski definition) is 1. The number of carbonyl (C=O) groups is 1. The molecule has 0 heterocycles. The van der Waals surface area contributed by atoms with E-state index in [9.17, 15) is 9.59 Å². The summed E-state index contributed by atoms with van der Waals surface area (Å²) >= 11 is 0. The average Bonchev–Trinajstić information content (AvgIpc) is 2.75. The van der Waals surface area contributed by atoms with Gasteiger partial charge in [-0.05, 0) is 50.3 Å². The van der Waals surface area contributed by atoms with Gasteiger partial charge in [0.05, 0.1) is 0 Å². The van der Waals surface area contributed by atoms with E-state index < -0.39 is 5.97 Å². The molecule has 0 bridgehead atoms. The standard InChI is InChI=1S/C24H22NO4/c1-3-5-12-22(18-10-7-6-8-11-18)29-24(27)21(9-4-2)23(28-17-26)19-13-15-20(25)16-14-19/h3-16H,25H2,1-2H3/b5-3+,9-4+,22-12+,23-21-. The Morgan fingerprint density at radius 3 is 2.24 bits per heavy atom. The highest BCUT2D eigenvalue weighted by molar-refractivity contribution is 6.02. The molecular weight excluding hydrogens is 366 g/mol. The van der Waals surface area contributed by atoms with E-state index in [4.69, 9.17) is 15.2 Å². The van der Waals surface area contributed by atoms with Gasteiger partial charge in [-0.15, -0.1) is 0 Å². The molecule has 0 spiro atoms. The highest BCUT2D eigenvalue weighted by Gasteiger charge is 2.20. The molecule has 0 saturated carbocycles. The first-order valence-corrected chi connectivity index (χ1v) is 8.98. The molecular formula is C24H22NO4. The number of rotatable bonds is 8. The van der Waals surface area contributed by atoms with Crippen LogP contribution < -0.4 is 5.73 Å². The first-order valence-electron chi connectivity index (χ1n) is 8.98. The Bertz CT molecular complexity index is 952. The fraction of sp³-hybridized carbons (Fsp3) is 0.0833. The van der Waals surface area contributed by atoms with Crippen LogP contribution in [0, 0.1) is 0 Å². The number of nitrogen functional groups attached to an aromatic ring is 1. The number of anilines is 1. The van der Waals surface area contributed by atoms with Crippen molar-refractivity contribution in [1.29, 1.82) is 0 Å². The molecule has 1 radical (unpaired) electrons. The van der Waals surface area contributed by atoms with Gasteiger partial charge < -0.3 is 15.2 Å². The Morgan fingerprint density at radius 1 is 0.966 bits per heavy atom. The van der Waals surface area contributed by atoms with Crippen LogP contribution in [0.25, 0.3) is 11.5 Å². The van der Waals surface area contributed by atoms with Gasteiger partial charge in [0.2, 0.25) is 0 Å². The van der Waals surface area contributed by atoms with Crippen LogP contribution in [0.4, 0.5) is 5.69 Å². The highest BCUT2D eigenvalue weighted by Crippen LogP contribution is 2.25. The highest BCUT2D eigenvalue weighted by atomic mass is 16.5. The molecule has 2 rings (SSSR count). The molecule has 5 nitrogen and oxygen atoms in total. The molecule has 0 aliphatic carbocycles. The second kappa shape index (κ2) is 11.1. The van der Waals surface area contributed by atoms with Gasteiger partial charge in [-0.25, -0.2) is 9.59 Å². The van der Waals surface area contributed by atoms with Crippen molar-refractivity contribution in [1.82, 2.24) is 0 Å². The van der Waals surface area contributed by atoms with Crippen molar-refractivity contribution in [3.63, 3.8) is 0 Å². The van der Waals surface area contributed by atoms with E-state index in [-0.39, 0.29) is 11.3 Å². The van der Waals surface area contributed by atoms with E-state index in [0.29, 0.717) is 17.0 Å². The zero-order chi connectivity index (χ0) is 21.1. The van der Waals surface area contributed by atoms with Gasteiger partial charge in [0, 0.05) is 16.8 Å². The van der Waals surface area contributed by atoms with Crippen molar-refractivity contribution in [3.8, 4) is 0 Å². The normalized spacial score (nSPS) is 12.7. The van der Waals surface area contributed by atoms with Crippen LogP contribution >= 0.6 is 0 Å². The van der Waals surface area contributed by atoms with Gasteiger partial charge in [0.1, 0.15) is 11.3 Å². The molecule has 2 aromatic carbocycles. The summed E-state index contributed by atoms with van der Waals surface area (Å²) in [6, 6.07) is 15.8. The van der Waals surface area contributed by atoms with Crippen LogP contribution in [-0.2, 0) is 19.1 Å². The molecule has 2 aromatic rings. The minimum atomic E-state index is -0.676. The lowest BCUT2D eigenvalue weighted by atomic mass is 10.1. The molecule has 2 N–H and O–H groups in total. The molecule has 29 heavy (non-hydrogen) atoms. The Labute approximate surface area is 170 Å². The van der Waals surface area contributed by atoms with Crippen molar-refractivity contribution in [2.24, 2.45) is 0 Å². The third-order valence-electron chi connectivity index (χ3n) is 3.82. The maximum atomic E-state index is 13.0. The van der Waals surface area contributed by atoms with Crippen LogP contribution in [0.15, 0.2) is 90.6 Å². The SMILES string of the molecule is C/C=C/C=C(/OC(=O)C(/C=C/C)=C(\O[C]=O)c1ccc(N)cc1)c1ccccc1. The summed E-state index contributed by atoms with van der Waals surface area (Å²) in [6.07, 6.45) is 8.45. The summed E-state index contributed by atoms with van der Waals surface area (Å²) in [5.74, 6) is -0.284. The molecule has 0 saturated heterocycles. The predicted octanol–water partition coefficient (Wildman–Crippen LogP) is 4.80. The smallest absolute Gasteiger partial charge is 0.422 e. The lowest BCUT2D eigenvalue weighted by Crippen LogP contribution is -2.10. The number of benzene rings is 2. The van der Waals surface area contributed by atoms with E-state index in [0.717, 1.165) is 5.56 Å². The first-order chi connectivity index (χ1) is 14.1. The van der Waals surface area contributed by atoms with Crippen molar-refractivity contribution in [3.05, 3.63) is 102 Å². The monoisotopic (exact) mass is 388 g/mol. The number of ether oxygens (including phenoxy) is 2. The van der Waals surface area contributed by atoms with Crippen LogP contribution in [0.5, 0.6) is 0 Å². The van der Waals surface area contributed by atoms with Gasteiger partial charge in [0.15, 0.2) is 5.76 Å². The third-order valence-corrected chi connectivity index (χ3v) is 3.82. The minimum Gasteiger partial charge on any atom is -0.422 e. The fourth-order valence-electron chi connectivity index (χ4n) is 2.48. The third kappa shape index (κ3) is 6.07. The Hall–Kier alpha value is -3.86. The molecule has 0 atom stereocenters. The minimum absolute atomic E-state index is 0.0292. The quantitative estimate of drug-likeness (QED) is 0.231. The second-order valence-electron chi connectivity index (χ2n) is 5.86. The molecule has 0 aromatic heterocycles. The van der Waals surface area contributed by atoms with Crippen molar-refractivity contribution < 1.29 is 19.1 Å². The lowest BCUT2D eigenvalue weighted by molar-refractivity contribution is -0.131. The van der Waals surface area contributed by atoms with Gasteiger partial charge in [-0.1, -0.05) is 48.6 Å². The molecule has 0 unspecified atom stereocenters. The number of nitrogens with two attached hydrogens (primary N) is 1. The number of hydrogen-bond acceptors (Lipinski definition) is 5. The fourth-order valence-corrected chi connectivity index (χ4v) is 2.48. The van der Waals surface area contributed by atoms with E-state index in [1.165, 1.54) is 12.5 Å². The Morgan fingerprint density at radius 2 is 1.66 bits per heavy atom. The summed E-state index contributed by atoms with van der Waals surface area (Å²) in [7, 11) is 0. The molecule has 0 aliphatic rings. The van der Waals surface area contributed by atoms with E-state index in [1.807, 2.05) is 43.3 Å². The number of esters is 1. The van der Waals surface area contributed by atoms with E-state index in [2.05, 4.69) is 0 Å². The lowest BCUT2D eigenvalue weighted by Gasteiger charge is -2.13. The Kier molecular flexibility index (Phi) is 8.20. The number of allylic oxidation sites excluding steroid dienone is 4. The van der Waals surface area contributed by atoms with Crippen LogP contribution in [0.3, 0.4) is 0 Å². The largest absolute Gasteiger partial charge is 0.423 e. The van der Waals surface area contributed by atoms with Crippen molar-refractivity contribution >= 4 is 29.6 Å². The zero-order valence-electron chi connectivity index (χ0n) is 16.3. The van der Waals surface area contributed by atoms with Gasteiger partial charge >= 0.3 is 12.4 Å². The topological polar surface area (TPSA) is 78.6 Å². The molecule has 147 valence electrons. The zero-order valence-corrected chi connectivity index (χ0v) is 16.3. The summed E-state index contributed by atoms with van der Waals surface area (Å²) in [6.45, 7) is 4.99. The van der Waals surface area contributed by atoms with Crippen LogP contribution in [0.1, 0.15) is 25.0 Å². The molecule has 5 heteroatoms. The molecule has 0 fully saturated rings. The van der Waals surface area contributed by atoms with Crippen molar-refractivity contribution in [2.45, 2.75) is 13.8 Å². The second-order valence-corrected chi connectivity index (χ2v) is 5.86. The van der Waals surface area contributed by atoms with Gasteiger partial charge in [0.25, 0.3) is 0 Å². The Balaban J connectivity index is 2.50. The first kappa shape index (κ1) is 21.4. The molecule has 0 amide bonds. The van der Waals surface area contributed by atoms with Crippen LogP contribution in [-0.4, -0.2) is 12.4 Å².